The van der Waals surface area contributed by atoms with Crippen LogP contribution in [-0.2, 0) is 0 Å². The van der Waals surface area contributed by atoms with Gasteiger partial charge in [-0.3, -0.25) is 4.79 Å². The number of benzene rings is 1. The van der Waals surface area contributed by atoms with Crippen molar-refractivity contribution < 1.29 is 18.0 Å². The maximum Gasteiger partial charge on any atom is 0.194 e. The monoisotopic (exact) mass is 208 g/mol. The minimum atomic E-state index is -1.59. The molecule has 0 unspecified atom stereocenters. The highest BCUT2D eigenvalue weighted by Crippen LogP contribution is 2.14. The molecule has 13 heavy (non-hydrogen) atoms. The largest absolute Gasteiger partial charge is 0.293 e. The lowest BCUT2D eigenvalue weighted by atomic mass is 10.1. The summed E-state index contributed by atoms with van der Waals surface area (Å²) < 4.78 is 37.4. The van der Waals surface area contributed by atoms with Gasteiger partial charge >= 0.3 is 0 Å². The Kier molecular flexibility index (Phi) is 2.93. The minimum Gasteiger partial charge on any atom is -0.293 e. The smallest absolute Gasteiger partial charge is 0.194 e. The summed E-state index contributed by atoms with van der Waals surface area (Å²) in [5.74, 6) is -5.43. The summed E-state index contributed by atoms with van der Waals surface area (Å²) in [5.41, 5.74) is -0.272. The predicted octanol–water partition coefficient (Wildman–Crippen LogP) is 2.53. The molecule has 1 aromatic carbocycles. The van der Waals surface area contributed by atoms with Crippen LogP contribution in [0.25, 0.3) is 0 Å². The van der Waals surface area contributed by atoms with E-state index in [0.717, 1.165) is 0 Å². The lowest BCUT2D eigenvalue weighted by Crippen LogP contribution is -2.03. The van der Waals surface area contributed by atoms with Gasteiger partial charge in [-0.05, 0) is 12.1 Å². The van der Waals surface area contributed by atoms with Gasteiger partial charge in [0.05, 0.1) is 5.88 Å². The van der Waals surface area contributed by atoms with Gasteiger partial charge in [-0.15, -0.1) is 11.6 Å². The second-order valence-corrected chi connectivity index (χ2v) is 2.58. The Hall–Kier alpha value is -1.03. The van der Waals surface area contributed by atoms with E-state index in [1.54, 1.807) is 0 Å². The number of carbonyl (C=O) groups excluding carboxylic acids is 1. The fraction of sp³-hybridized carbons (Fsp3) is 0.125. The summed E-state index contributed by atoms with van der Waals surface area (Å²) >= 11 is 5.14. The molecule has 0 aromatic heterocycles. The lowest BCUT2D eigenvalue weighted by molar-refractivity contribution is 0.102. The molecule has 0 aliphatic heterocycles. The Labute approximate surface area is 77.1 Å². The highest BCUT2D eigenvalue weighted by molar-refractivity contribution is 6.30. The van der Waals surface area contributed by atoms with E-state index >= 15 is 0 Å². The molecule has 0 aliphatic carbocycles. The normalized spacial score (nSPS) is 10.2. The molecule has 0 saturated carbocycles. The zero-order valence-corrected chi connectivity index (χ0v) is 7.04. The van der Waals surface area contributed by atoms with Crippen molar-refractivity contribution in [2.24, 2.45) is 0 Å². The fourth-order valence-corrected chi connectivity index (χ4v) is 0.948. The van der Waals surface area contributed by atoms with Crippen molar-refractivity contribution in [2.75, 3.05) is 5.88 Å². The van der Waals surface area contributed by atoms with Gasteiger partial charge in [0.25, 0.3) is 0 Å². The molecule has 0 fully saturated rings. The van der Waals surface area contributed by atoms with Gasteiger partial charge in [-0.25, -0.2) is 13.2 Å². The average Bonchev–Trinajstić information content (AvgIpc) is 2.12. The Morgan fingerprint density at radius 3 is 2.08 bits per heavy atom. The van der Waals surface area contributed by atoms with Crippen LogP contribution < -0.4 is 0 Å². The topological polar surface area (TPSA) is 17.1 Å². The number of halogens is 4. The van der Waals surface area contributed by atoms with Crippen LogP contribution >= 0.6 is 11.6 Å². The first kappa shape index (κ1) is 10.1. The molecular formula is C8H4ClF3O. The number of hydrogen-bond acceptors (Lipinski definition) is 1. The van der Waals surface area contributed by atoms with Crippen LogP contribution in [0.15, 0.2) is 12.1 Å². The van der Waals surface area contributed by atoms with Gasteiger partial charge in [0.1, 0.15) is 0 Å². The molecule has 0 aliphatic rings. The van der Waals surface area contributed by atoms with Crippen LogP contribution in [0.1, 0.15) is 10.4 Å². The molecule has 1 rings (SSSR count). The standard InChI is InChI=1S/C8H4ClF3O/c9-3-7(13)4-1-5(10)8(12)6(11)2-4/h1-2H,3H2. The second kappa shape index (κ2) is 3.79. The van der Waals surface area contributed by atoms with E-state index in [1.807, 2.05) is 0 Å². The molecular weight excluding hydrogens is 205 g/mol. The lowest BCUT2D eigenvalue weighted by Gasteiger charge is -1.99. The van der Waals surface area contributed by atoms with Crippen molar-refractivity contribution in [2.45, 2.75) is 0 Å². The maximum absolute atomic E-state index is 12.5. The van der Waals surface area contributed by atoms with Crippen molar-refractivity contribution in [1.82, 2.24) is 0 Å². The number of carbonyl (C=O) groups is 1. The van der Waals surface area contributed by atoms with Crippen LogP contribution in [0.4, 0.5) is 13.2 Å². The maximum atomic E-state index is 12.5. The van der Waals surface area contributed by atoms with Crippen molar-refractivity contribution in [1.29, 1.82) is 0 Å². The third-order valence-electron chi connectivity index (χ3n) is 1.43. The van der Waals surface area contributed by atoms with Crippen LogP contribution in [0.5, 0.6) is 0 Å². The van der Waals surface area contributed by atoms with Gasteiger partial charge < -0.3 is 0 Å². The average molecular weight is 209 g/mol. The molecule has 0 radical (unpaired) electrons. The number of rotatable bonds is 2. The van der Waals surface area contributed by atoms with Gasteiger partial charge in [-0.2, -0.15) is 0 Å². The minimum absolute atomic E-state index is 0.272. The number of hydrogen-bond donors (Lipinski definition) is 0. The third kappa shape index (κ3) is 2.01. The predicted molar refractivity (Wildman–Crippen MR) is 41.4 cm³/mol. The van der Waals surface area contributed by atoms with Crippen molar-refractivity contribution >= 4 is 17.4 Å². The van der Waals surface area contributed by atoms with Gasteiger partial charge in [0, 0.05) is 5.56 Å². The summed E-state index contributed by atoms with van der Waals surface area (Å²) in [4.78, 5) is 10.8. The van der Waals surface area contributed by atoms with E-state index in [2.05, 4.69) is 0 Å². The highest BCUT2D eigenvalue weighted by atomic mass is 35.5. The Morgan fingerprint density at radius 2 is 1.69 bits per heavy atom. The number of ketones is 1. The molecule has 70 valence electrons. The second-order valence-electron chi connectivity index (χ2n) is 2.31. The summed E-state index contributed by atoms with van der Waals surface area (Å²) in [6.45, 7) is 0. The van der Waals surface area contributed by atoms with Gasteiger partial charge in [0.15, 0.2) is 23.2 Å². The molecule has 0 saturated heterocycles. The van der Waals surface area contributed by atoms with Crippen LogP contribution in [0, 0.1) is 17.5 Å². The Bertz CT molecular complexity index is 328. The molecule has 1 aromatic rings. The first-order valence-electron chi connectivity index (χ1n) is 3.30. The van der Waals surface area contributed by atoms with Crippen molar-refractivity contribution in [3.63, 3.8) is 0 Å². The summed E-state index contributed by atoms with van der Waals surface area (Å²) in [6.07, 6.45) is 0. The van der Waals surface area contributed by atoms with Gasteiger partial charge in [0.2, 0.25) is 0 Å². The van der Waals surface area contributed by atoms with E-state index in [0.29, 0.717) is 12.1 Å². The van der Waals surface area contributed by atoms with E-state index in [9.17, 15) is 18.0 Å². The summed E-state index contributed by atoms with van der Waals surface area (Å²) in [7, 11) is 0. The molecule has 1 nitrogen and oxygen atoms in total. The summed E-state index contributed by atoms with van der Waals surface area (Å²) in [5, 5.41) is 0. The fourth-order valence-electron chi connectivity index (χ4n) is 0.794. The zero-order valence-electron chi connectivity index (χ0n) is 6.28. The molecule has 0 amide bonds. The van der Waals surface area contributed by atoms with E-state index in [-0.39, 0.29) is 5.56 Å². The molecule has 0 atom stereocenters. The Balaban J connectivity index is 3.20. The molecule has 0 heterocycles. The SMILES string of the molecule is O=C(CCl)c1cc(F)c(F)c(F)c1. The Morgan fingerprint density at radius 1 is 1.23 bits per heavy atom. The number of alkyl halides is 1. The molecule has 0 bridgehead atoms. The summed E-state index contributed by atoms with van der Waals surface area (Å²) in [6, 6.07) is 1.23. The first-order chi connectivity index (χ1) is 6.06. The highest BCUT2D eigenvalue weighted by Gasteiger charge is 2.13. The molecule has 0 N–H and O–H groups in total. The van der Waals surface area contributed by atoms with E-state index in [1.165, 1.54) is 0 Å². The first-order valence-corrected chi connectivity index (χ1v) is 3.83. The van der Waals surface area contributed by atoms with Crippen LogP contribution in [-0.4, -0.2) is 11.7 Å². The third-order valence-corrected chi connectivity index (χ3v) is 1.67. The van der Waals surface area contributed by atoms with Crippen LogP contribution in [0.2, 0.25) is 0 Å². The van der Waals surface area contributed by atoms with Crippen LogP contribution in [0.3, 0.4) is 0 Å². The molecule has 0 spiro atoms. The molecule has 5 heteroatoms. The van der Waals surface area contributed by atoms with Crippen molar-refractivity contribution in [3.8, 4) is 0 Å². The van der Waals surface area contributed by atoms with Crippen molar-refractivity contribution in [3.05, 3.63) is 35.1 Å². The quantitative estimate of drug-likeness (QED) is 0.415. The number of Topliss-reactive ketones (excluding diaryl/α,β-unsaturated/α-hetero) is 1. The van der Waals surface area contributed by atoms with E-state index in [4.69, 9.17) is 11.6 Å². The van der Waals surface area contributed by atoms with E-state index < -0.39 is 29.1 Å². The van der Waals surface area contributed by atoms with Gasteiger partial charge in [-0.1, -0.05) is 0 Å². The zero-order chi connectivity index (χ0) is 10.0.